The van der Waals surface area contributed by atoms with Gasteiger partial charge in [0.25, 0.3) is 0 Å². The molecule has 9 heteroatoms. The Labute approximate surface area is 255 Å². The summed E-state index contributed by atoms with van der Waals surface area (Å²) >= 11 is 0. The molecule has 0 amide bonds. The number of rotatable bonds is 13. The number of ketones is 1. The van der Waals surface area contributed by atoms with Crippen LogP contribution in [0.3, 0.4) is 0 Å². The van der Waals surface area contributed by atoms with Crippen LogP contribution < -0.4 is 0 Å². The molecular formula is C34H50O9. The van der Waals surface area contributed by atoms with Crippen molar-refractivity contribution >= 4 is 11.8 Å². The van der Waals surface area contributed by atoms with Gasteiger partial charge < -0.3 is 35.0 Å². The Morgan fingerprint density at radius 2 is 1.79 bits per heavy atom. The number of carbonyl (C=O) groups is 2. The van der Waals surface area contributed by atoms with Gasteiger partial charge in [-0.2, -0.15) is 0 Å². The quantitative estimate of drug-likeness (QED) is 0.0533. The van der Waals surface area contributed by atoms with Crippen LogP contribution in [0.4, 0.5) is 0 Å². The van der Waals surface area contributed by atoms with E-state index in [1.165, 1.54) is 57.6 Å². The molecule has 9 nitrogen and oxygen atoms in total. The summed E-state index contributed by atoms with van der Waals surface area (Å²) < 4.78 is 11.7. The van der Waals surface area contributed by atoms with Gasteiger partial charge in [0.05, 0.1) is 12.2 Å². The number of fused-ring (bicyclic) bond motifs is 5. The van der Waals surface area contributed by atoms with E-state index in [1.807, 2.05) is 6.08 Å². The number of Topliss-reactive ketones (excluding diaryl/α,β-unsaturated/α-hetero) is 1. The second-order valence-corrected chi connectivity index (χ2v) is 13.3. The molecule has 1 unspecified atom stereocenters. The third-order valence-corrected chi connectivity index (χ3v) is 10.5. The fourth-order valence-corrected chi connectivity index (χ4v) is 7.97. The Bertz CT molecular complexity index is 1170. The summed E-state index contributed by atoms with van der Waals surface area (Å²) in [5, 5.41) is 57.7. The average Bonchev–Trinajstić information content (AvgIpc) is 3.65. The van der Waals surface area contributed by atoms with Crippen LogP contribution in [-0.2, 0) is 19.1 Å². The summed E-state index contributed by atoms with van der Waals surface area (Å²) in [6.07, 6.45) is 12.9. The monoisotopic (exact) mass is 602 g/mol. The summed E-state index contributed by atoms with van der Waals surface area (Å²) in [6, 6.07) is 0. The van der Waals surface area contributed by atoms with Gasteiger partial charge in [0.15, 0.2) is 17.0 Å². The lowest BCUT2D eigenvalue weighted by Crippen LogP contribution is -2.71. The molecule has 0 aromatic rings. The molecule has 5 N–H and O–H groups in total. The molecule has 0 aromatic heterocycles. The molecule has 1 aliphatic heterocycles. The maximum absolute atomic E-state index is 13.2. The van der Waals surface area contributed by atoms with Crippen LogP contribution in [0.15, 0.2) is 48.1 Å². The Kier molecular flexibility index (Phi) is 9.96. The van der Waals surface area contributed by atoms with E-state index < -0.39 is 76.8 Å². The van der Waals surface area contributed by atoms with Gasteiger partial charge in [0, 0.05) is 17.9 Å². The van der Waals surface area contributed by atoms with Gasteiger partial charge in [0.2, 0.25) is 0 Å². The third-order valence-electron chi connectivity index (χ3n) is 10.5. The van der Waals surface area contributed by atoms with Crippen LogP contribution in [0.1, 0.15) is 85.5 Å². The zero-order valence-corrected chi connectivity index (χ0v) is 26.0. The highest BCUT2D eigenvalue weighted by molar-refractivity contribution is 6.05. The first-order valence-corrected chi connectivity index (χ1v) is 15.8. The Hall–Kier alpha value is -2.14. The van der Waals surface area contributed by atoms with Crippen molar-refractivity contribution in [3.63, 3.8) is 0 Å². The van der Waals surface area contributed by atoms with Gasteiger partial charge in [-0.1, -0.05) is 83.3 Å². The number of carbonyl (C=O) groups excluding carboxylic acids is 2. The first kappa shape index (κ1) is 33.7. The highest BCUT2D eigenvalue weighted by Gasteiger charge is 2.83. The standard InChI is InChI=1S/C34H50O9/c1-6-7-8-9-10-11-12-13-14-15-16-17-25(36)42-31(21(2)3)19-23(5)33(40)24-18-22(4)27(37)34(24,41)30(39)32(20-35)29(43-32)26(33)28(31)38/h14-18,23-24,26,28-30,35,38-41H,2,6-13,19-20H2,1,3-5H3/b15-14+,17-16+/t23-,24+,26?,28-,29+,30-,31-,32+,33+,34-/m1/s1. The molecule has 10 atom stereocenters. The van der Waals surface area contributed by atoms with Crippen molar-refractivity contribution in [1.29, 1.82) is 0 Å². The molecule has 0 bridgehead atoms. The van der Waals surface area contributed by atoms with Gasteiger partial charge in [-0.25, -0.2) is 4.79 Å². The Morgan fingerprint density at radius 1 is 1.14 bits per heavy atom. The topological polar surface area (TPSA) is 157 Å². The molecule has 1 saturated heterocycles. The Balaban J connectivity index is 1.53. The lowest BCUT2D eigenvalue weighted by Gasteiger charge is -2.57. The van der Waals surface area contributed by atoms with E-state index in [0.717, 1.165) is 12.8 Å². The SMILES string of the molecule is C=C(C)[C@]1(OC(=O)/C=C/C=C/CCCCCCCCC)C[C@@H](C)[C@@]2(O)C([C@H]1O)[C@@H]1O[C@]1(CO)[C@@H](O)[C@]1(O)C(=O)C(C)=C[C@H]12. The van der Waals surface area contributed by atoms with Gasteiger partial charge >= 0.3 is 5.97 Å². The highest BCUT2D eigenvalue weighted by atomic mass is 16.6. The first-order valence-electron chi connectivity index (χ1n) is 15.8. The van der Waals surface area contributed by atoms with Gasteiger partial charge in [-0.15, -0.1) is 0 Å². The summed E-state index contributed by atoms with van der Waals surface area (Å²) in [7, 11) is 0. The van der Waals surface area contributed by atoms with Crippen molar-refractivity contribution in [3.05, 3.63) is 48.1 Å². The zero-order valence-electron chi connectivity index (χ0n) is 26.0. The van der Waals surface area contributed by atoms with Crippen molar-refractivity contribution in [2.24, 2.45) is 17.8 Å². The number of unbranched alkanes of at least 4 members (excludes halogenated alkanes) is 7. The smallest absolute Gasteiger partial charge is 0.331 e. The largest absolute Gasteiger partial charge is 0.449 e. The third kappa shape index (κ3) is 5.40. The average molecular weight is 603 g/mol. The van der Waals surface area contributed by atoms with Crippen LogP contribution in [0.2, 0.25) is 0 Å². The van der Waals surface area contributed by atoms with E-state index >= 15 is 0 Å². The minimum Gasteiger partial charge on any atom is -0.449 e. The minimum atomic E-state index is -2.47. The van der Waals surface area contributed by atoms with Gasteiger partial charge in [-0.05, 0) is 50.2 Å². The van der Waals surface area contributed by atoms with E-state index in [-0.39, 0.29) is 12.0 Å². The summed E-state index contributed by atoms with van der Waals surface area (Å²) in [5.74, 6) is -4.79. The lowest BCUT2D eigenvalue weighted by molar-refractivity contribution is -0.252. The van der Waals surface area contributed by atoms with Gasteiger partial charge in [0.1, 0.15) is 23.9 Å². The summed E-state index contributed by atoms with van der Waals surface area (Å²) in [4.78, 5) is 26.3. The molecule has 0 radical (unpaired) electrons. The van der Waals surface area contributed by atoms with E-state index in [1.54, 1.807) is 26.0 Å². The summed E-state index contributed by atoms with van der Waals surface area (Å²) in [5.41, 5.74) is -7.36. The second-order valence-electron chi connectivity index (χ2n) is 13.3. The first-order chi connectivity index (χ1) is 20.3. The maximum atomic E-state index is 13.2. The second kappa shape index (κ2) is 12.7. The fraction of sp³-hybridized carbons (Fsp3) is 0.706. The Morgan fingerprint density at radius 3 is 2.42 bits per heavy atom. The molecule has 4 rings (SSSR count). The zero-order chi connectivity index (χ0) is 31.8. The molecule has 4 aliphatic rings. The lowest BCUT2D eigenvalue weighted by atomic mass is 9.54. The molecule has 0 aromatic carbocycles. The molecule has 43 heavy (non-hydrogen) atoms. The normalized spacial score (nSPS) is 41.9. The van der Waals surface area contributed by atoms with Crippen LogP contribution in [0, 0.1) is 17.8 Å². The van der Waals surface area contributed by atoms with Crippen molar-refractivity contribution in [1.82, 2.24) is 0 Å². The van der Waals surface area contributed by atoms with Gasteiger partial charge in [-0.3, -0.25) is 4.79 Å². The van der Waals surface area contributed by atoms with Crippen molar-refractivity contribution < 1.29 is 44.6 Å². The van der Waals surface area contributed by atoms with E-state index in [2.05, 4.69) is 13.5 Å². The number of hydrogen-bond acceptors (Lipinski definition) is 9. The molecule has 0 spiro atoms. The molecule has 240 valence electrons. The van der Waals surface area contributed by atoms with Crippen LogP contribution >= 0.6 is 0 Å². The number of aliphatic hydroxyl groups is 5. The number of epoxide rings is 1. The van der Waals surface area contributed by atoms with E-state index in [9.17, 15) is 35.1 Å². The predicted molar refractivity (Wildman–Crippen MR) is 161 cm³/mol. The van der Waals surface area contributed by atoms with Crippen molar-refractivity contribution in [3.8, 4) is 0 Å². The number of esters is 1. The van der Waals surface area contributed by atoms with E-state index in [0.29, 0.717) is 5.57 Å². The maximum Gasteiger partial charge on any atom is 0.331 e. The van der Waals surface area contributed by atoms with E-state index in [4.69, 9.17) is 9.47 Å². The summed E-state index contributed by atoms with van der Waals surface area (Å²) in [6.45, 7) is 10.2. The van der Waals surface area contributed by atoms with Crippen LogP contribution in [0.5, 0.6) is 0 Å². The fourth-order valence-electron chi connectivity index (χ4n) is 7.97. The highest BCUT2D eigenvalue weighted by Crippen LogP contribution is 2.65. The molecule has 1 heterocycles. The van der Waals surface area contributed by atoms with Crippen LogP contribution in [-0.4, -0.2) is 84.6 Å². The molecule has 3 aliphatic carbocycles. The molecule has 2 saturated carbocycles. The molecule has 3 fully saturated rings. The number of hydrogen-bond donors (Lipinski definition) is 5. The number of ether oxygens (including phenoxy) is 2. The molecular weight excluding hydrogens is 552 g/mol. The van der Waals surface area contributed by atoms with Crippen molar-refractivity contribution in [2.75, 3.05) is 6.61 Å². The predicted octanol–water partition coefficient (Wildman–Crippen LogP) is 3.23. The van der Waals surface area contributed by atoms with Crippen LogP contribution in [0.25, 0.3) is 0 Å². The number of aliphatic hydroxyl groups excluding tert-OH is 3. The van der Waals surface area contributed by atoms with Crippen molar-refractivity contribution in [2.45, 2.75) is 126 Å². The number of allylic oxidation sites excluding steroid dienone is 3. The minimum absolute atomic E-state index is 0.0627.